The smallest absolute Gasteiger partial charge is 0.372 e. The summed E-state index contributed by atoms with van der Waals surface area (Å²) in [5.41, 5.74) is 12.3. The van der Waals surface area contributed by atoms with E-state index in [2.05, 4.69) is 6.92 Å². The monoisotopic (exact) mass is 290 g/mol. The van der Waals surface area contributed by atoms with Crippen LogP contribution in [0.5, 0.6) is 0 Å². The number of hydrogen-bond acceptors (Lipinski definition) is 5. The first-order valence-corrected chi connectivity index (χ1v) is 9.12. The van der Waals surface area contributed by atoms with Crippen LogP contribution in [0.15, 0.2) is 0 Å². The van der Waals surface area contributed by atoms with Crippen LogP contribution >= 0.6 is 0 Å². The van der Waals surface area contributed by atoms with Crippen LogP contribution in [0.3, 0.4) is 0 Å². The minimum atomic E-state index is -2.56. The van der Waals surface area contributed by atoms with Crippen molar-refractivity contribution >= 4 is 8.56 Å². The molecule has 0 aromatic rings. The number of ether oxygens (including phenoxy) is 1. The van der Waals surface area contributed by atoms with Crippen LogP contribution in [0, 0.1) is 0 Å². The Morgan fingerprint density at radius 3 is 2.21 bits per heavy atom. The summed E-state index contributed by atoms with van der Waals surface area (Å²) in [6.07, 6.45) is 3.59. The van der Waals surface area contributed by atoms with Crippen molar-refractivity contribution in [3.05, 3.63) is 0 Å². The molecular formula is C13H30N2O3Si. The molecule has 1 fully saturated rings. The summed E-state index contributed by atoms with van der Waals surface area (Å²) in [5.74, 6) is 0. The Morgan fingerprint density at radius 1 is 1.26 bits per heavy atom. The number of rotatable bonds is 6. The molecular weight excluding hydrogens is 260 g/mol. The van der Waals surface area contributed by atoms with Gasteiger partial charge in [-0.25, -0.2) is 0 Å². The molecule has 4 N–H and O–H groups in total. The first-order chi connectivity index (χ1) is 8.89. The maximum atomic E-state index is 6.73. The molecule has 1 aliphatic heterocycles. The van der Waals surface area contributed by atoms with Gasteiger partial charge in [-0.15, -0.1) is 0 Å². The lowest BCUT2D eigenvalue weighted by molar-refractivity contribution is -0.0736. The molecule has 0 saturated carbocycles. The standard InChI is InChI=1S/C13H30N2O3Si/c1-6-8-13(16-3)12(15,11(2)14)9-7-10-19(13,17-4)18-5/h11H,6-10,14-15H2,1-5H3. The third kappa shape index (κ3) is 2.28. The fourth-order valence-corrected chi connectivity index (χ4v) is 8.09. The average molecular weight is 290 g/mol. The molecule has 114 valence electrons. The van der Waals surface area contributed by atoms with Crippen LogP contribution in [-0.2, 0) is 13.6 Å². The van der Waals surface area contributed by atoms with Crippen molar-refractivity contribution in [1.82, 2.24) is 0 Å². The Hall–Kier alpha value is 0.0169. The summed E-state index contributed by atoms with van der Waals surface area (Å²) in [6, 6.07) is 0.732. The Morgan fingerprint density at radius 2 is 1.84 bits per heavy atom. The quantitative estimate of drug-likeness (QED) is 0.721. The number of nitrogens with two attached hydrogens (primary N) is 2. The lowest BCUT2D eigenvalue weighted by Crippen LogP contribution is -2.82. The van der Waals surface area contributed by atoms with E-state index in [1.54, 1.807) is 21.3 Å². The van der Waals surface area contributed by atoms with E-state index < -0.39 is 19.3 Å². The summed E-state index contributed by atoms with van der Waals surface area (Å²) in [6.45, 7) is 4.08. The van der Waals surface area contributed by atoms with Gasteiger partial charge in [-0.05, 0) is 32.2 Å². The molecule has 19 heavy (non-hydrogen) atoms. The largest absolute Gasteiger partial charge is 0.396 e. The first-order valence-electron chi connectivity index (χ1n) is 7.09. The van der Waals surface area contributed by atoms with Crippen LogP contribution in [0.25, 0.3) is 0 Å². The van der Waals surface area contributed by atoms with Crippen LogP contribution in [0.4, 0.5) is 0 Å². The van der Waals surface area contributed by atoms with Crippen molar-refractivity contribution in [2.24, 2.45) is 11.5 Å². The van der Waals surface area contributed by atoms with E-state index in [4.69, 9.17) is 25.1 Å². The van der Waals surface area contributed by atoms with E-state index in [9.17, 15) is 0 Å². The third-order valence-corrected chi connectivity index (χ3v) is 9.37. The summed E-state index contributed by atoms with van der Waals surface area (Å²) < 4.78 is 17.8. The maximum Gasteiger partial charge on any atom is 0.372 e. The highest BCUT2D eigenvalue weighted by atomic mass is 28.4. The molecule has 0 aromatic heterocycles. The zero-order chi connectivity index (χ0) is 14.7. The summed E-state index contributed by atoms with van der Waals surface area (Å²) in [4.78, 5) is 0. The highest BCUT2D eigenvalue weighted by Crippen LogP contribution is 2.48. The second kappa shape index (κ2) is 6.20. The normalized spacial score (nSPS) is 36.2. The zero-order valence-corrected chi connectivity index (χ0v) is 14.0. The third-order valence-electron chi connectivity index (χ3n) is 4.89. The van der Waals surface area contributed by atoms with Crippen molar-refractivity contribution in [3.8, 4) is 0 Å². The first kappa shape index (κ1) is 17.1. The van der Waals surface area contributed by atoms with Gasteiger partial charge in [0, 0.05) is 27.4 Å². The Bertz CT molecular complexity index is 292. The molecule has 0 spiro atoms. The average Bonchev–Trinajstić information content (AvgIpc) is 2.41. The fourth-order valence-electron chi connectivity index (χ4n) is 3.81. The van der Waals surface area contributed by atoms with Crippen molar-refractivity contribution in [2.45, 2.75) is 62.4 Å². The van der Waals surface area contributed by atoms with E-state index in [1.807, 2.05) is 6.92 Å². The molecule has 5 nitrogen and oxygen atoms in total. The Labute approximate surface area is 118 Å². The van der Waals surface area contributed by atoms with Crippen LogP contribution in [0.1, 0.15) is 39.5 Å². The molecule has 1 saturated heterocycles. The van der Waals surface area contributed by atoms with Gasteiger partial charge in [0.05, 0.1) is 5.54 Å². The lowest BCUT2D eigenvalue weighted by atomic mass is 9.79. The summed E-state index contributed by atoms with van der Waals surface area (Å²) >= 11 is 0. The summed E-state index contributed by atoms with van der Waals surface area (Å²) in [5, 5.41) is -0.593. The Kier molecular flexibility index (Phi) is 5.57. The van der Waals surface area contributed by atoms with E-state index in [0.717, 1.165) is 31.7 Å². The van der Waals surface area contributed by atoms with E-state index in [1.165, 1.54) is 0 Å². The molecule has 0 radical (unpaired) electrons. The molecule has 3 unspecified atom stereocenters. The van der Waals surface area contributed by atoms with Gasteiger partial charge < -0.3 is 25.1 Å². The van der Waals surface area contributed by atoms with E-state index >= 15 is 0 Å². The number of hydrogen-bond donors (Lipinski definition) is 2. The highest BCUT2D eigenvalue weighted by molar-refractivity contribution is 6.71. The van der Waals surface area contributed by atoms with Gasteiger partial charge in [0.25, 0.3) is 0 Å². The molecule has 0 amide bonds. The van der Waals surface area contributed by atoms with Gasteiger partial charge in [0.15, 0.2) is 0 Å². The molecule has 6 heteroatoms. The minimum Gasteiger partial charge on any atom is -0.396 e. The molecule has 0 aliphatic carbocycles. The molecule has 0 aromatic carbocycles. The van der Waals surface area contributed by atoms with E-state index in [-0.39, 0.29) is 6.04 Å². The van der Waals surface area contributed by atoms with Crippen LogP contribution in [-0.4, -0.2) is 46.7 Å². The molecule has 1 aliphatic rings. The van der Waals surface area contributed by atoms with Gasteiger partial charge in [-0.3, -0.25) is 0 Å². The van der Waals surface area contributed by atoms with Gasteiger partial charge in [0.2, 0.25) is 0 Å². The van der Waals surface area contributed by atoms with Crippen LogP contribution < -0.4 is 11.5 Å². The van der Waals surface area contributed by atoms with Gasteiger partial charge in [0.1, 0.15) is 5.22 Å². The van der Waals surface area contributed by atoms with Gasteiger partial charge in [-0.2, -0.15) is 0 Å². The van der Waals surface area contributed by atoms with Gasteiger partial charge >= 0.3 is 8.56 Å². The summed E-state index contributed by atoms with van der Waals surface area (Å²) in [7, 11) is 2.59. The predicted octanol–water partition coefficient (Wildman–Crippen LogP) is 1.28. The van der Waals surface area contributed by atoms with Gasteiger partial charge in [-0.1, -0.05) is 13.3 Å². The van der Waals surface area contributed by atoms with Crippen LogP contribution in [0.2, 0.25) is 6.04 Å². The highest BCUT2D eigenvalue weighted by Gasteiger charge is 2.69. The lowest BCUT2D eigenvalue weighted by Gasteiger charge is -2.59. The van der Waals surface area contributed by atoms with Crippen molar-refractivity contribution < 1.29 is 13.6 Å². The SMILES string of the molecule is CCCC1(OC)C(N)(C(C)N)CCC[Si]1(OC)OC. The maximum absolute atomic E-state index is 6.73. The second-order valence-corrected chi connectivity index (χ2v) is 9.25. The zero-order valence-electron chi connectivity index (χ0n) is 13.0. The van der Waals surface area contributed by atoms with Crippen molar-refractivity contribution in [1.29, 1.82) is 0 Å². The fraction of sp³-hybridized carbons (Fsp3) is 1.00. The van der Waals surface area contributed by atoms with Crippen molar-refractivity contribution in [2.75, 3.05) is 21.3 Å². The number of methoxy groups -OCH3 is 1. The second-order valence-electron chi connectivity index (χ2n) is 5.62. The minimum absolute atomic E-state index is 0.170. The van der Waals surface area contributed by atoms with Crippen molar-refractivity contribution in [3.63, 3.8) is 0 Å². The predicted molar refractivity (Wildman–Crippen MR) is 79.0 cm³/mol. The Balaban J connectivity index is 3.40. The molecule has 3 atom stereocenters. The molecule has 1 heterocycles. The molecule has 1 rings (SSSR count). The molecule has 0 bridgehead atoms. The van der Waals surface area contributed by atoms with E-state index in [0.29, 0.717) is 0 Å². The topological polar surface area (TPSA) is 79.7 Å².